The Morgan fingerprint density at radius 1 is 1.21 bits per heavy atom. The summed E-state index contributed by atoms with van der Waals surface area (Å²) in [6.45, 7) is 6.93. The quantitative estimate of drug-likeness (QED) is 0.771. The minimum absolute atomic E-state index is 0.160. The molecule has 0 spiro atoms. The lowest BCUT2D eigenvalue weighted by Crippen LogP contribution is -2.23. The van der Waals surface area contributed by atoms with Crippen molar-refractivity contribution in [2.24, 2.45) is 0 Å². The summed E-state index contributed by atoms with van der Waals surface area (Å²) in [5.74, 6) is -1.50. The Morgan fingerprint density at radius 3 is 2.37 bits per heavy atom. The second kappa shape index (κ2) is 7.26. The minimum Gasteiger partial charge on any atom is -0.481 e. The summed E-state index contributed by atoms with van der Waals surface area (Å²) in [6.07, 6.45) is 0. The van der Waals surface area contributed by atoms with Crippen molar-refractivity contribution in [1.82, 2.24) is 0 Å². The second-order valence-corrected chi connectivity index (χ2v) is 5.34. The molecule has 0 aliphatic heterocycles. The molecule has 1 N–H and O–H groups in total. The molecule has 0 aliphatic rings. The van der Waals surface area contributed by atoms with Gasteiger partial charge in [-0.15, -0.1) is 0 Å². The molecular weight excluding hydrogens is 244 g/mol. The van der Waals surface area contributed by atoms with Gasteiger partial charge >= 0.3 is 5.97 Å². The fourth-order valence-electron chi connectivity index (χ4n) is 1.60. The molecule has 0 bridgehead atoms. The Balaban J connectivity index is 2.38. The number of hydrogen-bond donors (Lipinski definition) is 1. The van der Waals surface area contributed by atoms with Crippen LogP contribution in [0.2, 0.25) is 0 Å². The predicted molar refractivity (Wildman–Crippen MR) is 73.3 cm³/mol. The molecule has 1 rings (SSSR count). The van der Waals surface area contributed by atoms with Gasteiger partial charge in [-0.25, -0.2) is 0 Å². The summed E-state index contributed by atoms with van der Waals surface area (Å²) in [5.41, 5.74) is 0.557. The van der Waals surface area contributed by atoms with Gasteiger partial charge in [0.2, 0.25) is 0 Å². The van der Waals surface area contributed by atoms with Crippen LogP contribution in [0.3, 0.4) is 0 Å². The summed E-state index contributed by atoms with van der Waals surface area (Å²) < 4.78 is 10.9. The molecule has 0 saturated heterocycles. The predicted octanol–water partition coefficient (Wildman–Crippen LogP) is 2.69. The van der Waals surface area contributed by atoms with E-state index < -0.39 is 11.9 Å². The molecule has 1 unspecified atom stereocenters. The molecule has 4 nitrogen and oxygen atoms in total. The maximum atomic E-state index is 11.2. The van der Waals surface area contributed by atoms with Gasteiger partial charge in [0.25, 0.3) is 0 Å². The molecule has 0 radical (unpaired) electrons. The highest BCUT2D eigenvalue weighted by molar-refractivity contribution is 5.76. The number of carboxylic acid groups (broad SMARTS) is 1. The Labute approximate surface area is 114 Å². The van der Waals surface area contributed by atoms with Crippen LogP contribution >= 0.6 is 0 Å². The first-order valence-electron chi connectivity index (χ1n) is 6.39. The summed E-state index contributed by atoms with van der Waals surface area (Å²) >= 11 is 0. The van der Waals surface area contributed by atoms with Crippen molar-refractivity contribution in [2.45, 2.75) is 32.3 Å². The van der Waals surface area contributed by atoms with Crippen LogP contribution in [0.25, 0.3) is 0 Å². The fourth-order valence-corrected chi connectivity index (χ4v) is 1.60. The van der Waals surface area contributed by atoms with Crippen LogP contribution in [-0.4, -0.2) is 36.5 Å². The highest BCUT2D eigenvalue weighted by Crippen LogP contribution is 2.16. The van der Waals surface area contributed by atoms with Gasteiger partial charge in [0.1, 0.15) is 5.92 Å². The number of rotatable bonds is 7. The maximum absolute atomic E-state index is 11.2. The number of carboxylic acids is 1. The molecule has 4 heteroatoms. The van der Waals surface area contributed by atoms with Crippen molar-refractivity contribution in [1.29, 1.82) is 0 Å². The van der Waals surface area contributed by atoms with Crippen molar-refractivity contribution >= 4 is 5.97 Å². The van der Waals surface area contributed by atoms with E-state index in [4.69, 9.17) is 9.47 Å². The van der Waals surface area contributed by atoms with Crippen LogP contribution in [-0.2, 0) is 14.3 Å². The van der Waals surface area contributed by atoms with Crippen LogP contribution in [0.1, 0.15) is 32.3 Å². The van der Waals surface area contributed by atoms with Crippen molar-refractivity contribution in [3.05, 3.63) is 35.9 Å². The van der Waals surface area contributed by atoms with Crippen LogP contribution in [0.15, 0.2) is 30.3 Å². The van der Waals surface area contributed by atoms with Crippen LogP contribution in [0.5, 0.6) is 0 Å². The molecule has 106 valence electrons. The zero-order chi connectivity index (χ0) is 14.3. The molecule has 0 aromatic heterocycles. The zero-order valence-electron chi connectivity index (χ0n) is 11.8. The number of benzene rings is 1. The Morgan fingerprint density at radius 2 is 1.84 bits per heavy atom. The summed E-state index contributed by atoms with van der Waals surface area (Å²) in [6, 6.07) is 9.12. The normalized spacial score (nSPS) is 13.2. The van der Waals surface area contributed by atoms with Gasteiger partial charge in [-0.1, -0.05) is 30.3 Å². The molecular formula is C15H22O4. The van der Waals surface area contributed by atoms with Gasteiger partial charge in [-0.2, -0.15) is 0 Å². The molecule has 1 aromatic rings. The monoisotopic (exact) mass is 266 g/mol. The topological polar surface area (TPSA) is 55.8 Å². The lowest BCUT2D eigenvalue weighted by molar-refractivity contribution is -0.140. The molecule has 0 amide bonds. The second-order valence-electron chi connectivity index (χ2n) is 5.34. The number of hydrogen-bond acceptors (Lipinski definition) is 3. The third kappa shape index (κ3) is 6.36. The summed E-state index contributed by atoms with van der Waals surface area (Å²) in [5, 5.41) is 9.20. The molecule has 0 saturated carbocycles. The number of ether oxygens (including phenoxy) is 2. The van der Waals surface area contributed by atoms with E-state index in [1.807, 2.05) is 39.0 Å². The van der Waals surface area contributed by atoms with Crippen molar-refractivity contribution in [2.75, 3.05) is 19.8 Å². The first-order valence-corrected chi connectivity index (χ1v) is 6.39. The average Bonchev–Trinajstić information content (AvgIpc) is 2.33. The van der Waals surface area contributed by atoms with E-state index in [9.17, 15) is 9.90 Å². The van der Waals surface area contributed by atoms with Gasteiger partial charge < -0.3 is 14.6 Å². The smallest absolute Gasteiger partial charge is 0.313 e. The van der Waals surface area contributed by atoms with Crippen LogP contribution in [0.4, 0.5) is 0 Å². The fraction of sp³-hybridized carbons (Fsp3) is 0.533. The van der Waals surface area contributed by atoms with E-state index in [1.54, 1.807) is 12.1 Å². The first-order chi connectivity index (χ1) is 8.90. The van der Waals surface area contributed by atoms with E-state index >= 15 is 0 Å². The SMILES string of the molecule is CC(C)(C)OCCOCC(C(=O)O)c1ccccc1. The maximum Gasteiger partial charge on any atom is 0.313 e. The number of carbonyl (C=O) groups is 1. The van der Waals surface area contributed by atoms with Crippen LogP contribution in [0, 0.1) is 0 Å². The minimum atomic E-state index is -0.872. The molecule has 1 aromatic carbocycles. The van der Waals surface area contributed by atoms with Gasteiger partial charge in [-0.05, 0) is 26.3 Å². The lowest BCUT2D eigenvalue weighted by atomic mass is 10.0. The van der Waals surface area contributed by atoms with Crippen molar-refractivity contribution in [3.8, 4) is 0 Å². The number of aliphatic carboxylic acids is 1. The highest BCUT2D eigenvalue weighted by atomic mass is 16.5. The Bertz CT molecular complexity index is 381. The third-order valence-corrected chi connectivity index (χ3v) is 2.55. The van der Waals surface area contributed by atoms with Gasteiger partial charge in [-0.3, -0.25) is 4.79 Å². The van der Waals surface area contributed by atoms with E-state index in [2.05, 4.69) is 0 Å². The van der Waals surface area contributed by atoms with E-state index in [1.165, 1.54) is 0 Å². The molecule has 0 aliphatic carbocycles. The Hall–Kier alpha value is -1.39. The van der Waals surface area contributed by atoms with Crippen molar-refractivity contribution in [3.63, 3.8) is 0 Å². The summed E-state index contributed by atoms with van der Waals surface area (Å²) in [4.78, 5) is 11.2. The molecule has 0 heterocycles. The van der Waals surface area contributed by atoms with Gasteiger partial charge in [0.05, 0.1) is 25.4 Å². The van der Waals surface area contributed by atoms with E-state index in [-0.39, 0.29) is 12.2 Å². The Kier molecular flexibility index (Phi) is 5.99. The van der Waals surface area contributed by atoms with E-state index in [0.717, 1.165) is 5.56 Å². The largest absolute Gasteiger partial charge is 0.481 e. The van der Waals surface area contributed by atoms with Gasteiger partial charge in [0, 0.05) is 0 Å². The third-order valence-electron chi connectivity index (χ3n) is 2.55. The van der Waals surface area contributed by atoms with E-state index in [0.29, 0.717) is 13.2 Å². The van der Waals surface area contributed by atoms with Crippen LogP contribution < -0.4 is 0 Å². The summed E-state index contributed by atoms with van der Waals surface area (Å²) in [7, 11) is 0. The zero-order valence-corrected chi connectivity index (χ0v) is 11.8. The van der Waals surface area contributed by atoms with Gasteiger partial charge in [0.15, 0.2) is 0 Å². The molecule has 19 heavy (non-hydrogen) atoms. The molecule has 0 fully saturated rings. The molecule has 1 atom stereocenters. The standard InChI is InChI=1S/C15H22O4/c1-15(2,3)19-10-9-18-11-13(14(16)17)12-7-5-4-6-8-12/h4-8,13H,9-11H2,1-3H3,(H,16,17). The lowest BCUT2D eigenvalue weighted by Gasteiger charge is -2.20. The highest BCUT2D eigenvalue weighted by Gasteiger charge is 2.19. The first kappa shape index (κ1) is 15.7. The van der Waals surface area contributed by atoms with Crippen molar-refractivity contribution < 1.29 is 19.4 Å². The average molecular weight is 266 g/mol.